The topological polar surface area (TPSA) is 93.1 Å². The molecule has 1 atom stereocenters. The molecule has 7 nitrogen and oxygen atoms in total. The number of ether oxygens (including phenoxy) is 2. The highest BCUT2D eigenvalue weighted by molar-refractivity contribution is 7.86. The molecule has 0 radical (unpaired) electrons. The molecule has 1 aliphatic heterocycles. The molecule has 0 aromatic rings. The predicted molar refractivity (Wildman–Crippen MR) is 54.8 cm³/mol. The first-order valence-corrected chi connectivity index (χ1v) is 6.48. The molecular formula is C8H13F2NO6S. The minimum Gasteiger partial charge on any atom is -0.439 e. The molecule has 1 unspecified atom stereocenters. The second-order valence-electron chi connectivity index (χ2n) is 3.66. The molecule has 0 bridgehead atoms. The van der Waals surface area contributed by atoms with E-state index in [2.05, 4.69) is 4.74 Å². The molecule has 0 saturated carbocycles. The number of halogens is 2. The molecule has 0 aliphatic carbocycles. The zero-order valence-corrected chi connectivity index (χ0v) is 10.3. The summed E-state index contributed by atoms with van der Waals surface area (Å²) in [5, 5.41) is -4.55. The molecule has 0 spiro atoms. The van der Waals surface area contributed by atoms with Gasteiger partial charge in [0.1, 0.15) is 0 Å². The summed E-state index contributed by atoms with van der Waals surface area (Å²) in [5.41, 5.74) is 0. The Labute approximate surface area is 102 Å². The number of hydrogen-bond donors (Lipinski definition) is 1. The van der Waals surface area contributed by atoms with E-state index in [1.54, 1.807) is 0 Å². The normalized spacial score (nSPS) is 19.4. The van der Waals surface area contributed by atoms with Gasteiger partial charge in [0.2, 0.25) is 0 Å². The Kier molecular flexibility index (Phi) is 4.46. The van der Waals surface area contributed by atoms with E-state index in [4.69, 9.17) is 9.29 Å². The average molecular weight is 289 g/mol. The van der Waals surface area contributed by atoms with E-state index >= 15 is 0 Å². The maximum atomic E-state index is 13.1. The van der Waals surface area contributed by atoms with Gasteiger partial charge >= 0.3 is 21.5 Å². The van der Waals surface area contributed by atoms with Crippen LogP contribution in [0.2, 0.25) is 0 Å². The van der Waals surface area contributed by atoms with Crippen molar-refractivity contribution < 1.29 is 36.0 Å². The summed E-state index contributed by atoms with van der Waals surface area (Å²) in [4.78, 5) is 12.5. The maximum absolute atomic E-state index is 13.1. The van der Waals surface area contributed by atoms with Gasteiger partial charge in [-0.25, -0.2) is 4.79 Å². The molecule has 0 aromatic heterocycles. The van der Waals surface area contributed by atoms with Crippen LogP contribution >= 0.6 is 0 Å². The summed E-state index contributed by atoms with van der Waals surface area (Å²) in [5.74, 6) is 0. The van der Waals surface area contributed by atoms with Crippen LogP contribution in [0, 0.1) is 0 Å². The lowest BCUT2D eigenvalue weighted by Crippen LogP contribution is -2.47. The van der Waals surface area contributed by atoms with Gasteiger partial charge in [-0.1, -0.05) is 0 Å². The van der Waals surface area contributed by atoms with Crippen molar-refractivity contribution in [2.24, 2.45) is 0 Å². The van der Waals surface area contributed by atoms with Gasteiger partial charge in [0.15, 0.2) is 6.10 Å². The molecule has 1 saturated heterocycles. The van der Waals surface area contributed by atoms with Crippen LogP contribution in [0.5, 0.6) is 0 Å². The van der Waals surface area contributed by atoms with Crippen molar-refractivity contribution in [1.82, 2.24) is 4.90 Å². The molecular weight excluding hydrogens is 276 g/mol. The van der Waals surface area contributed by atoms with Crippen LogP contribution < -0.4 is 0 Å². The van der Waals surface area contributed by atoms with Crippen LogP contribution in [0.1, 0.15) is 6.92 Å². The molecule has 18 heavy (non-hydrogen) atoms. The Morgan fingerprint density at radius 3 is 2.39 bits per heavy atom. The number of carbonyl (C=O) groups excluding carboxylic acids is 1. The largest absolute Gasteiger partial charge is 0.439 e. The monoisotopic (exact) mass is 289 g/mol. The molecule has 1 N–H and O–H groups in total. The number of hydrogen-bond acceptors (Lipinski definition) is 5. The second kappa shape index (κ2) is 5.33. The van der Waals surface area contributed by atoms with E-state index in [1.165, 1.54) is 0 Å². The number of rotatable bonds is 3. The van der Waals surface area contributed by atoms with Crippen molar-refractivity contribution in [3.05, 3.63) is 0 Å². The maximum Gasteiger partial charge on any atom is 0.410 e. The summed E-state index contributed by atoms with van der Waals surface area (Å²) in [7, 11) is -5.63. The van der Waals surface area contributed by atoms with Crippen LogP contribution in [0.25, 0.3) is 0 Å². The second-order valence-corrected chi connectivity index (χ2v) is 5.16. The molecule has 1 heterocycles. The van der Waals surface area contributed by atoms with Crippen molar-refractivity contribution >= 4 is 16.2 Å². The summed E-state index contributed by atoms with van der Waals surface area (Å²) < 4.78 is 64.7. The van der Waals surface area contributed by atoms with Crippen LogP contribution in [0.15, 0.2) is 0 Å². The van der Waals surface area contributed by atoms with Gasteiger partial charge in [0.05, 0.1) is 13.2 Å². The van der Waals surface area contributed by atoms with Crippen molar-refractivity contribution in [2.45, 2.75) is 18.3 Å². The van der Waals surface area contributed by atoms with Gasteiger partial charge in [0, 0.05) is 13.1 Å². The van der Waals surface area contributed by atoms with Crippen molar-refractivity contribution in [3.63, 3.8) is 0 Å². The standard InChI is InChI=1S/C8H13F2NO6S/c1-6(8(9,10)18(13,14)15)17-7(12)11-2-4-16-5-3-11/h6H,2-5H2,1H3,(H,13,14,15). The molecule has 1 amide bonds. The zero-order chi connectivity index (χ0) is 14.0. The van der Waals surface area contributed by atoms with E-state index < -0.39 is 27.6 Å². The van der Waals surface area contributed by atoms with Crippen LogP contribution in [0.4, 0.5) is 13.6 Å². The highest BCUT2D eigenvalue weighted by atomic mass is 32.2. The highest BCUT2D eigenvalue weighted by Crippen LogP contribution is 2.27. The Morgan fingerprint density at radius 1 is 1.44 bits per heavy atom. The fraction of sp³-hybridized carbons (Fsp3) is 0.875. The lowest BCUT2D eigenvalue weighted by Gasteiger charge is -2.28. The summed E-state index contributed by atoms with van der Waals surface area (Å²) in [6.07, 6.45) is -3.36. The fourth-order valence-electron chi connectivity index (χ4n) is 1.25. The lowest BCUT2D eigenvalue weighted by molar-refractivity contribution is -0.0606. The third kappa shape index (κ3) is 3.27. The molecule has 10 heteroatoms. The van der Waals surface area contributed by atoms with E-state index in [0.29, 0.717) is 6.92 Å². The van der Waals surface area contributed by atoms with Crippen molar-refractivity contribution in [2.75, 3.05) is 26.3 Å². The molecule has 106 valence electrons. The van der Waals surface area contributed by atoms with E-state index in [1.807, 2.05) is 0 Å². The summed E-state index contributed by atoms with van der Waals surface area (Å²) in [6.45, 7) is 1.52. The molecule has 1 fully saturated rings. The van der Waals surface area contributed by atoms with Gasteiger partial charge < -0.3 is 14.4 Å². The van der Waals surface area contributed by atoms with Crippen LogP contribution in [-0.2, 0) is 19.6 Å². The third-order valence-electron chi connectivity index (χ3n) is 2.36. The molecule has 1 rings (SSSR count). The zero-order valence-electron chi connectivity index (χ0n) is 9.51. The minimum absolute atomic E-state index is 0.170. The fourth-order valence-corrected chi connectivity index (χ4v) is 1.72. The number of morpholine rings is 1. The Hall–Kier alpha value is -1.00. The average Bonchev–Trinajstić information content (AvgIpc) is 2.28. The molecule has 1 aliphatic rings. The van der Waals surface area contributed by atoms with Gasteiger partial charge in [-0.05, 0) is 6.92 Å². The van der Waals surface area contributed by atoms with Gasteiger partial charge in [0.25, 0.3) is 0 Å². The Balaban J connectivity index is 2.64. The first-order chi connectivity index (χ1) is 8.16. The smallest absolute Gasteiger partial charge is 0.410 e. The number of alkyl halides is 2. The van der Waals surface area contributed by atoms with Crippen LogP contribution in [0.3, 0.4) is 0 Å². The first-order valence-electron chi connectivity index (χ1n) is 5.04. The minimum atomic E-state index is -5.63. The lowest BCUT2D eigenvalue weighted by atomic mass is 10.4. The number of amides is 1. The quantitative estimate of drug-likeness (QED) is 0.752. The number of carbonyl (C=O) groups is 1. The van der Waals surface area contributed by atoms with E-state index in [-0.39, 0.29) is 26.3 Å². The van der Waals surface area contributed by atoms with E-state index in [9.17, 15) is 22.0 Å². The summed E-state index contributed by atoms with van der Waals surface area (Å²) in [6, 6.07) is 0. The van der Waals surface area contributed by atoms with Crippen molar-refractivity contribution in [3.8, 4) is 0 Å². The SMILES string of the molecule is CC(OC(=O)N1CCOCC1)C(F)(F)S(=O)(=O)O. The number of nitrogens with zero attached hydrogens (tertiary/aromatic N) is 1. The first kappa shape index (κ1) is 15.1. The molecule has 0 aromatic carbocycles. The van der Waals surface area contributed by atoms with Gasteiger partial charge in [-0.15, -0.1) is 0 Å². The third-order valence-corrected chi connectivity index (χ3v) is 3.38. The van der Waals surface area contributed by atoms with Crippen LogP contribution in [-0.4, -0.2) is 61.6 Å². The summed E-state index contributed by atoms with van der Waals surface area (Å²) >= 11 is 0. The Bertz CT molecular complexity index is 406. The van der Waals surface area contributed by atoms with Gasteiger partial charge in [-0.3, -0.25) is 4.55 Å². The van der Waals surface area contributed by atoms with Gasteiger partial charge in [-0.2, -0.15) is 17.2 Å². The Morgan fingerprint density at radius 2 is 1.94 bits per heavy atom. The van der Waals surface area contributed by atoms with E-state index in [0.717, 1.165) is 4.90 Å². The van der Waals surface area contributed by atoms with Crippen molar-refractivity contribution in [1.29, 1.82) is 0 Å². The predicted octanol–water partition coefficient (Wildman–Crippen LogP) is 0.324. The highest BCUT2D eigenvalue weighted by Gasteiger charge is 2.52.